The molecule has 9 nitrogen and oxygen atoms in total. The maximum atomic E-state index is 11.7. The highest BCUT2D eigenvalue weighted by molar-refractivity contribution is 5.87. The average Bonchev–Trinajstić information content (AvgIpc) is 2.53. The highest BCUT2D eigenvalue weighted by Crippen LogP contribution is 2.26. The number of hydrazine groups is 1. The van der Waals surface area contributed by atoms with E-state index in [4.69, 9.17) is 15.7 Å². The van der Waals surface area contributed by atoms with Gasteiger partial charge in [0, 0.05) is 13.0 Å². The summed E-state index contributed by atoms with van der Waals surface area (Å²) in [5.41, 5.74) is -2.57. The van der Waals surface area contributed by atoms with Gasteiger partial charge in [0.05, 0.1) is 0 Å². The summed E-state index contributed by atoms with van der Waals surface area (Å²) in [7, 11) is 0. The van der Waals surface area contributed by atoms with Gasteiger partial charge in [0.1, 0.15) is 11.6 Å². The van der Waals surface area contributed by atoms with Crippen LogP contribution in [0.4, 0.5) is 4.79 Å². The fourth-order valence-corrected chi connectivity index (χ4v) is 1.96. The Hall–Kier alpha value is -1.87. The number of nitrogens with two attached hydrogens (primary N) is 1. The molecule has 1 aliphatic heterocycles. The van der Waals surface area contributed by atoms with Crippen LogP contribution < -0.4 is 11.2 Å². The zero-order valence-electron chi connectivity index (χ0n) is 11.5. The summed E-state index contributed by atoms with van der Waals surface area (Å²) in [6.45, 7) is 4.57. The second-order valence-electron chi connectivity index (χ2n) is 5.74. The highest BCUT2D eigenvalue weighted by atomic mass is 16.6. The second-order valence-corrected chi connectivity index (χ2v) is 5.74. The largest absolute Gasteiger partial charge is 0.480 e. The standard InChI is InChI=1S/C11H19N3O6/c1-10(2,3)20-9(19)13-11(8(17)18)4-6(7(15)16)14(12)5-11/h6H,4-5,12H2,1-3H3,(H,13,19)(H,15,16)(H,17,18)/t6-,11-/m1/s1. The van der Waals surface area contributed by atoms with Crippen LogP contribution in [0.15, 0.2) is 0 Å². The molecule has 0 unspecified atom stereocenters. The first-order valence-corrected chi connectivity index (χ1v) is 5.95. The molecule has 1 saturated heterocycles. The Bertz CT molecular complexity index is 432. The first-order chi connectivity index (χ1) is 8.97. The van der Waals surface area contributed by atoms with Gasteiger partial charge in [-0.15, -0.1) is 0 Å². The van der Waals surface area contributed by atoms with Crippen molar-refractivity contribution in [2.45, 2.75) is 44.4 Å². The molecule has 20 heavy (non-hydrogen) atoms. The average molecular weight is 289 g/mol. The van der Waals surface area contributed by atoms with Crippen LogP contribution in [0.25, 0.3) is 0 Å². The third-order valence-corrected chi connectivity index (χ3v) is 2.83. The smallest absolute Gasteiger partial charge is 0.408 e. The lowest BCUT2D eigenvalue weighted by Crippen LogP contribution is -2.57. The van der Waals surface area contributed by atoms with E-state index in [1.54, 1.807) is 20.8 Å². The molecular weight excluding hydrogens is 270 g/mol. The number of amides is 1. The molecule has 9 heteroatoms. The number of hydrogen-bond acceptors (Lipinski definition) is 6. The molecule has 114 valence electrons. The summed E-state index contributed by atoms with van der Waals surface area (Å²) in [5.74, 6) is 2.89. The maximum Gasteiger partial charge on any atom is 0.408 e. The van der Waals surface area contributed by atoms with Crippen molar-refractivity contribution in [3.63, 3.8) is 0 Å². The van der Waals surface area contributed by atoms with Crippen LogP contribution in [-0.4, -0.2) is 57.0 Å². The Morgan fingerprint density at radius 3 is 2.25 bits per heavy atom. The van der Waals surface area contributed by atoms with Crippen molar-refractivity contribution in [2.75, 3.05) is 6.54 Å². The Morgan fingerprint density at radius 2 is 1.90 bits per heavy atom. The van der Waals surface area contributed by atoms with E-state index in [2.05, 4.69) is 5.32 Å². The Morgan fingerprint density at radius 1 is 1.35 bits per heavy atom. The number of carboxylic acids is 2. The van der Waals surface area contributed by atoms with Gasteiger partial charge in [0.2, 0.25) is 0 Å². The van der Waals surface area contributed by atoms with Crippen LogP contribution in [0.5, 0.6) is 0 Å². The van der Waals surface area contributed by atoms with Crippen LogP contribution in [0.2, 0.25) is 0 Å². The van der Waals surface area contributed by atoms with Crippen LogP contribution >= 0.6 is 0 Å². The molecule has 5 N–H and O–H groups in total. The summed E-state index contributed by atoms with van der Waals surface area (Å²) in [6, 6.07) is -1.18. The van der Waals surface area contributed by atoms with Crippen molar-refractivity contribution in [3.05, 3.63) is 0 Å². The second kappa shape index (κ2) is 5.25. The normalized spacial score (nSPS) is 27.1. The van der Waals surface area contributed by atoms with Gasteiger partial charge in [-0.3, -0.25) is 10.6 Å². The SMILES string of the molecule is CC(C)(C)OC(=O)N[C@]1(C(=O)O)C[C@H](C(=O)O)N(N)C1. The minimum atomic E-state index is -1.78. The van der Waals surface area contributed by atoms with E-state index in [1.807, 2.05) is 0 Å². The number of ether oxygens (including phenoxy) is 1. The number of rotatable bonds is 3. The topological polar surface area (TPSA) is 142 Å². The zero-order chi connectivity index (χ0) is 15.7. The molecule has 0 spiro atoms. The number of nitrogens with one attached hydrogen (secondary N) is 1. The van der Waals surface area contributed by atoms with Crippen LogP contribution in [0.3, 0.4) is 0 Å². The van der Waals surface area contributed by atoms with Gasteiger partial charge in [0.25, 0.3) is 0 Å². The van der Waals surface area contributed by atoms with Gasteiger partial charge < -0.3 is 20.3 Å². The number of carboxylic acid groups (broad SMARTS) is 2. The minimum Gasteiger partial charge on any atom is -0.480 e. The van der Waals surface area contributed by atoms with Crippen LogP contribution in [0, 0.1) is 0 Å². The van der Waals surface area contributed by atoms with Crippen molar-refractivity contribution in [1.82, 2.24) is 10.3 Å². The predicted octanol–water partition coefficient (Wildman–Crippen LogP) is -0.633. The fourth-order valence-electron chi connectivity index (χ4n) is 1.96. The number of aliphatic carboxylic acids is 2. The summed E-state index contributed by atoms with van der Waals surface area (Å²) >= 11 is 0. The highest BCUT2D eigenvalue weighted by Gasteiger charge is 2.53. The fraction of sp³-hybridized carbons (Fsp3) is 0.727. The minimum absolute atomic E-state index is 0.321. The number of nitrogens with zero attached hydrogens (tertiary/aromatic N) is 1. The van der Waals surface area contributed by atoms with E-state index >= 15 is 0 Å². The first-order valence-electron chi connectivity index (χ1n) is 5.95. The van der Waals surface area contributed by atoms with Gasteiger partial charge in [-0.2, -0.15) is 0 Å². The van der Waals surface area contributed by atoms with E-state index in [1.165, 1.54) is 0 Å². The van der Waals surface area contributed by atoms with Crippen molar-refractivity contribution < 1.29 is 29.3 Å². The maximum absolute atomic E-state index is 11.7. The molecular formula is C11H19N3O6. The van der Waals surface area contributed by atoms with Gasteiger partial charge >= 0.3 is 18.0 Å². The molecule has 1 aliphatic rings. The Kier molecular flexibility index (Phi) is 4.25. The molecule has 1 rings (SSSR count). The molecule has 2 atom stereocenters. The molecule has 0 bridgehead atoms. The number of carbonyl (C=O) groups is 3. The quantitative estimate of drug-likeness (QED) is 0.503. The molecule has 1 fully saturated rings. The Balaban J connectivity index is 2.88. The molecule has 1 heterocycles. The molecule has 1 amide bonds. The first kappa shape index (κ1) is 16.2. The molecule has 0 radical (unpaired) electrons. The Labute approximate surface area is 115 Å². The monoisotopic (exact) mass is 289 g/mol. The van der Waals surface area contributed by atoms with E-state index < -0.39 is 35.2 Å². The third-order valence-electron chi connectivity index (χ3n) is 2.83. The van der Waals surface area contributed by atoms with Gasteiger partial charge in [0.15, 0.2) is 5.54 Å². The third kappa shape index (κ3) is 3.58. The number of carbonyl (C=O) groups excluding carboxylic acids is 1. The van der Waals surface area contributed by atoms with Crippen molar-refractivity contribution in [1.29, 1.82) is 0 Å². The van der Waals surface area contributed by atoms with Crippen molar-refractivity contribution >= 4 is 18.0 Å². The van der Waals surface area contributed by atoms with Gasteiger partial charge in [-0.1, -0.05) is 0 Å². The molecule has 0 aromatic rings. The zero-order valence-corrected chi connectivity index (χ0v) is 11.5. The summed E-state index contributed by atoms with van der Waals surface area (Å²) in [4.78, 5) is 34.1. The number of alkyl carbamates (subject to hydrolysis) is 1. The molecule has 0 aromatic carbocycles. The molecule has 0 saturated carbocycles. The van der Waals surface area contributed by atoms with E-state index in [-0.39, 0.29) is 13.0 Å². The van der Waals surface area contributed by atoms with Gasteiger partial charge in [-0.05, 0) is 20.8 Å². The van der Waals surface area contributed by atoms with Crippen molar-refractivity contribution in [3.8, 4) is 0 Å². The summed E-state index contributed by atoms with van der Waals surface area (Å²) in [6.07, 6.45) is -1.27. The van der Waals surface area contributed by atoms with Gasteiger partial charge in [-0.25, -0.2) is 14.6 Å². The lowest BCUT2D eigenvalue weighted by molar-refractivity contribution is -0.144. The van der Waals surface area contributed by atoms with Crippen LogP contribution in [0.1, 0.15) is 27.2 Å². The van der Waals surface area contributed by atoms with E-state index in [0.717, 1.165) is 5.01 Å². The summed E-state index contributed by atoms with van der Waals surface area (Å²) in [5, 5.41) is 21.3. The lowest BCUT2D eigenvalue weighted by Gasteiger charge is -2.27. The predicted molar refractivity (Wildman–Crippen MR) is 66.7 cm³/mol. The van der Waals surface area contributed by atoms with E-state index in [0.29, 0.717) is 0 Å². The lowest BCUT2D eigenvalue weighted by atomic mass is 9.96. The molecule has 0 aromatic heterocycles. The number of hydrogen-bond donors (Lipinski definition) is 4. The van der Waals surface area contributed by atoms with Crippen LogP contribution in [-0.2, 0) is 14.3 Å². The molecule has 0 aliphatic carbocycles. The van der Waals surface area contributed by atoms with E-state index in [9.17, 15) is 19.5 Å². The summed E-state index contributed by atoms with van der Waals surface area (Å²) < 4.78 is 4.99. The van der Waals surface area contributed by atoms with Crippen molar-refractivity contribution in [2.24, 2.45) is 5.84 Å².